The van der Waals surface area contributed by atoms with Crippen LogP contribution in [0.4, 0.5) is 4.79 Å². The number of nitrogens with two attached hydrogens (primary N) is 1. The Kier molecular flexibility index (Phi) is 3.19. The summed E-state index contributed by atoms with van der Waals surface area (Å²) in [5, 5.41) is 0. The van der Waals surface area contributed by atoms with Crippen LogP contribution in [-0.4, -0.2) is 27.8 Å². The zero-order chi connectivity index (χ0) is 13.4. The van der Waals surface area contributed by atoms with E-state index in [0.717, 1.165) is 25.0 Å². The molecular formula is C13H21N3O2. The Labute approximate surface area is 107 Å². The van der Waals surface area contributed by atoms with E-state index >= 15 is 0 Å². The van der Waals surface area contributed by atoms with Crippen molar-refractivity contribution in [2.24, 2.45) is 11.1 Å². The Morgan fingerprint density at radius 1 is 1.56 bits per heavy atom. The van der Waals surface area contributed by atoms with Crippen molar-refractivity contribution in [2.45, 2.75) is 45.6 Å². The molecule has 0 aliphatic heterocycles. The molecule has 5 heteroatoms. The molecule has 18 heavy (non-hydrogen) atoms. The fourth-order valence-corrected chi connectivity index (χ4v) is 1.88. The zero-order valence-corrected chi connectivity index (χ0v) is 11.3. The number of carbonyl (C=O) groups is 1. The molecule has 2 N–H and O–H groups in total. The van der Waals surface area contributed by atoms with Gasteiger partial charge in [0.25, 0.3) is 0 Å². The molecule has 5 nitrogen and oxygen atoms in total. The Bertz CT molecular complexity index is 441. The molecule has 0 unspecified atom stereocenters. The minimum Gasteiger partial charge on any atom is -0.443 e. The fraction of sp³-hybridized carbons (Fsp3) is 0.692. The standard InChI is InChI=1S/C13H21N3O2/c1-12(2,3)18-11(17)16-7-10(15-9-16)6-13(8-14)4-5-13/h7,9H,4-6,8,14H2,1-3H3. The maximum absolute atomic E-state index is 11.8. The molecule has 0 atom stereocenters. The van der Waals surface area contributed by atoms with Crippen LogP contribution in [0.1, 0.15) is 39.3 Å². The highest BCUT2D eigenvalue weighted by atomic mass is 16.6. The number of rotatable bonds is 3. The summed E-state index contributed by atoms with van der Waals surface area (Å²) in [5.74, 6) is 0. The van der Waals surface area contributed by atoms with Gasteiger partial charge in [-0.1, -0.05) is 0 Å². The van der Waals surface area contributed by atoms with Crippen LogP contribution >= 0.6 is 0 Å². The molecule has 0 spiro atoms. The lowest BCUT2D eigenvalue weighted by Gasteiger charge is -2.19. The van der Waals surface area contributed by atoms with Gasteiger partial charge in [0.1, 0.15) is 11.9 Å². The highest BCUT2D eigenvalue weighted by molar-refractivity contribution is 5.70. The van der Waals surface area contributed by atoms with Crippen molar-refractivity contribution in [1.82, 2.24) is 9.55 Å². The molecule has 1 aliphatic rings. The molecule has 1 aromatic heterocycles. The van der Waals surface area contributed by atoms with Gasteiger partial charge in [-0.2, -0.15) is 0 Å². The SMILES string of the molecule is CC(C)(C)OC(=O)n1cnc(CC2(CN)CC2)c1. The molecule has 0 aromatic carbocycles. The van der Waals surface area contributed by atoms with Crippen LogP contribution in [0.25, 0.3) is 0 Å². The summed E-state index contributed by atoms with van der Waals surface area (Å²) in [6.45, 7) is 6.22. The largest absolute Gasteiger partial charge is 0.443 e. The Morgan fingerprint density at radius 3 is 2.72 bits per heavy atom. The molecule has 0 amide bonds. The van der Waals surface area contributed by atoms with E-state index in [1.807, 2.05) is 20.8 Å². The van der Waals surface area contributed by atoms with E-state index in [9.17, 15) is 4.79 Å². The van der Waals surface area contributed by atoms with Crippen molar-refractivity contribution in [3.63, 3.8) is 0 Å². The van der Waals surface area contributed by atoms with Crippen LogP contribution in [0, 0.1) is 5.41 Å². The molecule has 1 aromatic rings. The predicted molar refractivity (Wildman–Crippen MR) is 68.3 cm³/mol. The second-order valence-corrected chi connectivity index (χ2v) is 6.13. The average Bonchev–Trinajstić information content (AvgIpc) is 2.85. The Morgan fingerprint density at radius 2 is 2.22 bits per heavy atom. The lowest BCUT2D eigenvalue weighted by atomic mass is 10.0. The summed E-state index contributed by atoms with van der Waals surface area (Å²) in [6, 6.07) is 0. The quantitative estimate of drug-likeness (QED) is 0.891. The minimum atomic E-state index is -0.490. The van der Waals surface area contributed by atoms with Crippen LogP contribution in [0.2, 0.25) is 0 Å². The van der Waals surface area contributed by atoms with Gasteiger partial charge in [0, 0.05) is 6.20 Å². The second kappa shape index (κ2) is 4.39. The van der Waals surface area contributed by atoms with Gasteiger partial charge in [-0.05, 0) is 52.0 Å². The lowest BCUT2D eigenvalue weighted by Crippen LogP contribution is -2.26. The highest BCUT2D eigenvalue weighted by Crippen LogP contribution is 2.46. The van der Waals surface area contributed by atoms with Crippen LogP contribution in [0.5, 0.6) is 0 Å². The fourth-order valence-electron chi connectivity index (χ4n) is 1.88. The van der Waals surface area contributed by atoms with Gasteiger partial charge in [0.2, 0.25) is 0 Å². The molecule has 1 saturated carbocycles. The number of hydrogen-bond acceptors (Lipinski definition) is 4. The van der Waals surface area contributed by atoms with Crippen molar-refractivity contribution >= 4 is 6.09 Å². The molecule has 1 fully saturated rings. The van der Waals surface area contributed by atoms with E-state index < -0.39 is 5.60 Å². The van der Waals surface area contributed by atoms with Crippen LogP contribution in [0.3, 0.4) is 0 Å². The van der Waals surface area contributed by atoms with Gasteiger partial charge >= 0.3 is 6.09 Å². The van der Waals surface area contributed by atoms with Crippen LogP contribution < -0.4 is 5.73 Å². The summed E-state index contributed by atoms with van der Waals surface area (Å²) >= 11 is 0. The first-order valence-corrected chi connectivity index (χ1v) is 6.30. The maximum atomic E-state index is 11.8. The van der Waals surface area contributed by atoms with Crippen molar-refractivity contribution in [1.29, 1.82) is 0 Å². The van der Waals surface area contributed by atoms with Gasteiger partial charge in [-0.25, -0.2) is 14.3 Å². The van der Waals surface area contributed by atoms with Crippen LogP contribution in [0.15, 0.2) is 12.5 Å². The minimum absolute atomic E-state index is 0.229. The summed E-state index contributed by atoms with van der Waals surface area (Å²) in [4.78, 5) is 16.0. The number of aromatic nitrogens is 2. The average molecular weight is 251 g/mol. The Hall–Kier alpha value is -1.36. The van der Waals surface area contributed by atoms with Crippen molar-refractivity contribution in [3.05, 3.63) is 18.2 Å². The molecule has 2 rings (SSSR count). The van der Waals surface area contributed by atoms with Crippen molar-refractivity contribution in [3.8, 4) is 0 Å². The topological polar surface area (TPSA) is 70.1 Å². The third kappa shape index (κ3) is 3.10. The number of ether oxygens (including phenoxy) is 1. The van der Waals surface area contributed by atoms with Crippen molar-refractivity contribution < 1.29 is 9.53 Å². The van der Waals surface area contributed by atoms with E-state index in [1.54, 1.807) is 6.20 Å². The molecule has 1 heterocycles. The second-order valence-electron chi connectivity index (χ2n) is 6.13. The van der Waals surface area contributed by atoms with Crippen molar-refractivity contribution in [2.75, 3.05) is 6.54 Å². The van der Waals surface area contributed by atoms with Gasteiger partial charge < -0.3 is 10.5 Å². The number of carbonyl (C=O) groups excluding carboxylic acids is 1. The van der Waals surface area contributed by atoms with Gasteiger partial charge in [0.05, 0.1) is 5.69 Å². The zero-order valence-electron chi connectivity index (χ0n) is 11.3. The van der Waals surface area contributed by atoms with Gasteiger partial charge in [-0.3, -0.25) is 0 Å². The Balaban J connectivity index is 2.00. The summed E-state index contributed by atoms with van der Waals surface area (Å²) in [5.41, 5.74) is 6.39. The van der Waals surface area contributed by atoms with Gasteiger partial charge in [0.15, 0.2) is 0 Å². The van der Waals surface area contributed by atoms with E-state index in [1.165, 1.54) is 10.9 Å². The third-order valence-electron chi connectivity index (χ3n) is 3.19. The van der Waals surface area contributed by atoms with Gasteiger partial charge in [-0.15, -0.1) is 0 Å². The molecule has 1 aliphatic carbocycles. The molecule has 0 bridgehead atoms. The van der Waals surface area contributed by atoms with E-state index in [4.69, 9.17) is 10.5 Å². The summed E-state index contributed by atoms with van der Waals surface area (Å²) in [6.07, 6.45) is 6.02. The van der Waals surface area contributed by atoms with E-state index in [0.29, 0.717) is 6.54 Å². The molecule has 100 valence electrons. The monoisotopic (exact) mass is 251 g/mol. The van der Waals surface area contributed by atoms with Crippen LogP contribution in [-0.2, 0) is 11.2 Å². The van der Waals surface area contributed by atoms with E-state index in [-0.39, 0.29) is 11.5 Å². The maximum Gasteiger partial charge on any atom is 0.419 e. The first-order valence-electron chi connectivity index (χ1n) is 6.30. The number of imidazole rings is 1. The smallest absolute Gasteiger partial charge is 0.419 e. The summed E-state index contributed by atoms with van der Waals surface area (Å²) < 4.78 is 6.66. The normalized spacial score (nSPS) is 17.6. The first kappa shape index (κ1) is 13.1. The number of hydrogen-bond donors (Lipinski definition) is 1. The third-order valence-corrected chi connectivity index (χ3v) is 3.19. The molecule has 0 radical (unpaired) electrons. The predicted octanol–water partition coefficient (Wildman–Crippen LogP) is 1.95. The molecular weight excluding hydrogens is 230 g/mol. The molecule has 0 saturated heterocycles. The lowest BCUT2D eigenvalue weighted by molar-refractivity contribution is 0.0536. The number of nitrogens with zero attached hydrogens (tertiary/aromatic N) is 2. The highest BCUT2D eigenvalue weighted by Gasteiger charge is 2.41. The first-order chi connectivity index (χ1) is 8.34. The summed E-state index contributed by atoms with van der Waals surface area (Å²) in [7, 11) is 0. The van der Waals surface area contributed by atoms with E-state index in [2.05, 4.69) is 4.98 Å².